The summed E-state index contributed by atoms with van der Waals surface area (Å²) in [6.45, 7) is 3.91. The summed E-state index contributed by atoms with van der Waals surface area (Å²) in [5.41, 5.74) is -0.0598. The SMILES string of the molecule is CC(C)N(C(=O)c1cc(F)ccc1I)[C@H](C)C(F)(F)F. The van der Waals surface area contributed by atoms with Gasteiger partial charge < -0.3 is 4.90 Å². The zero-order chi connectivity index (χ0) is 15.7. The van der Waals surface area contributed by atoms with E-state index in [1.54, 1.807) is 22.6 Å². The first kappa shape index (κ1) is 17.2. The van der Waals surface area contributed by atoms with Gasteiger partial charge in [0.1, 0.15) is 11.9 Å². The van der Waals surface area contributed by atoms with E-state index in [0.29, 0.717) is 3.57 Å². The second-order valence-electron chi connectivity index (χ2n) is 4.65. The zero-order valence-corrected chi connectivity index (χ0v) is 13.3. The van der Waals surface area contributed by atoms with Crippen molar-refractivity contribution < 1.29 is 22.4 Å². The second kappa shape index (κ2) is 6.28. The van der Waals surface area contributed by atoms with Gasteiger partial charge in [-0.15, -0.1) is 0 Å². The summed E-state index contributed by atoms with van der Waals surface area (Å²) < 4.78 is 52.2. The fraction of sp³-hybridized carbons (Fsp3) is 0.462. The smallest absolute Gasteiger partial charge is 0.324 e. The number of alkyl halides is 3. The van der Waals surface area contributed by atoms with Crippen LogP contribution >= 0.6 is 22.6 Å². The minimum atomic E-state index is -4.53. The minimum Gasteiger partial charge on any atom is -0.324 e. The lowest BCUT2D eigenvalue weighted by Crippen LogP contribution is -2.50. The predicted octanol–water partition coefficient (Wildman–Crippen LogP) is 4.23. The van der Waals surface area contributed by atoms with Crippen LogP contribution in [0.2, 0.25) is 0 Å². The van der Waals surface area contributed by atoms with E-state index < -0.39 is 30.0 Å². The van der Waals surface area contributed by atoms with E-state index in [9.17, 15) is 22.4 Å². The number of halogens is 5. The van der Waals surface area contributed by atoms with Crippen LogP contribution in [0, 0.1) is 9.39 Å². The molecule has 2 nitrogen and oxygen atoms in total. The summed E-state index contributed by atoms with van der Waals surface area (Å²) in [6, 6.07) is 0.890. The molecule has 0 aliphatic carbocycles. The Morgan fingerprint density at radius 2 is 1.80 bits per heavy atom. The van der Waals surface area contributed by atoms with E-state index in [0.717, 1.165) is 24.0 Å². The number of benzene rings is 1. The predicted molar refractivity (Wildman–Crippen MR) is 75.9 cm³/mol. The molecule has 0 saturated carbocycles. The lowest BCUT2D eigenvalue weighted by Gasteiger charge is -2.34. The molecule has 0 fully saturated rings. The number of rotatable bonds is 3. The third-order valence-corrected chi connectivity index (χ3v) is 3.78. The average Bonchev–Trinajstić information content (AvgIpc) is 2.30. The number of hydrogen-bond donors (Lipinski definition) is 0. The highest BCUT2D eigenvalue weighted by atomic mass is 127. The Kier molecular flexibility index (Phi) is 5.39. The Bertz CT molecular complexity index is 502. The highest BCUT2D eigenvalue weighted by molar-refractivity contribution is 14.1. The van der Waals surface area contributed by atoms with Gasteiger partial charge in [-0.2, -0.15) is 13.2 Å². The molecule has 1 rings (SSSR count). The maximum Gasteiger partial charge on any atom is 0.408 e. The monoisotopic (exact) mass is 403 g/mol. The van der Waals surface area contributed by atoms with Gasteiger partial charge in [0.15, 0.2) is 0 Å². The number of nitrogens with zero attached hydrogens (tertiary/aromatic N) is 1. The molecule has 0 spiro atoms. The quantitative estimate of drug-likeness (QED) is 0.547. The van der Waals surface area contributed by atoms with E-state index in [-0.39, 0.29) is 5.56 Å². The first-order valence-electron chi connectivity index (χ1n) is 5.90. The van der Waals surface area contributed by atoms with Crippen molar-refractivity contribution in [2.75, 3.05) is 0 Å². The van der Waals surface area contributed by atoms with Crippen LogP contribution in [0.5, 0.6) is 0 Å². The highest BCUT2D eigenvalue weighted by Crippen LogP contribution is 2.28. The molecule has 0 saturated heterocycles. The Morgan fingerprint density at radius 1 is 1.25 bits per heavy atom. The normalized spacial score (nSPS) is 13.4. The summed E-state index contributed by atoms with van der Waals surface area (Å²) in [6.07, 6.45) is -4.53. The van der Waals surface area contributed by atoms with Crippen LogP contribution in [-0.4, -0.2) is 29.1 Å². The number of hydrogen-bond acceptors (Lipinski definition) is 1. The van der Waals surface area contributed by atoms with Crippen LogP contribution in [0.15, 0.2) is 18.2 Å². The van der Waals surface area contributed by atoms with E-state index in [1.807, 2.05) is 0 Å². The molecule has 20 heavy (non-hydrogen) atoms. The average molecular weight is 403 g/mol. The molecule has 7 heteroatoms. The first-order chi connectivity index (χ1) is 9.05. The Balaban J connectivity index is 3.22. The van der Waals surface area contributed by atoms with Crippen LogP contribution in [0.1, 0.15) is 31.1 Å². The molecule has 1 aromatic rings. The van der Waals surface area contributed by atoms with E-state index in [2.05, 4.69) is 0 Å². The molecule has 0 aromatic heterocycles. The number of amides is 1. The van der Waals surface area contributed by atoms with Gasteiger partial charge in [-0.25, -0.2) is 4.39 Å². The Morgan fingerprint density at radius 3 is 2.25 bits per heavy atom. The maximum atomic E-state index is 13.2. The van der Waals surface area contributed by atoms with Gasteiger partial charge >= 0.3 is 6.18 Å². The van der Waals surface area contributed by atoms with E-state index in [4.69, 9.17) is 0 Å². The van der Waals surface area contributed by atoms with Gasteiger partial charge in [-0.3, -0.25) is 4.79 Å². The molecule has 0 bridgehead atoms. The van der Waals surface area contributed by atoms with Crippen LogP contribution in [0.4, 0.5) is 17.6 Å². The van der Waals surface area contributed by atoms with Crippen molar-refractivity contribution in [3.8, 4) is 0 Å². The third kappa shape index (κ3) is 3.83. The van der Waals surface area contributed by atoms with Crippen molar-refractivity contribution in [3.05, 3.63) is 33.1 Å². The molecule has 112 valence electrons. The molecule has 0 N–H and O–H groups in total. The van der Waals surface area contributed by atoms with Crippen molar-refractivity contribution in [3.63, 3.8) is 0 Å². The van der Waals surface area contributed by atoms with Crippen LogP contribution in [0.25, 0.3) is 0 Å². The fourth-order valence-electron chi connectivity index (χ4n) is 1.82. The molecule has 1 aromatic carbocycles. The standard InChI is InChI=1S/C13H14F4INO/c1-7(2)19(8(3)13(15,16)17)12(20)10-6-9(14)4-5-11(10)18/h4-8H,1-3H3/t8-/m1/s1. The molecule has 0 radical (unpaired) electrons. The molecule has 0 aliphatic heterocycles. The maximum absolute atomic E-state index is 13.2. The van der Waals surface area contributed by atoms with E-state index in [1.165, 1.54) is 19.9 Å². The third-order valence-electron chi connectivity index (χ3n) is 2.84. The molecule has 1 atom stereocenters. The summed E-state index contributed by atoms with van der Waals surface area (Å²) in [7, 11) is 0. The van der Waals surface area contributed by atoms with Crippen molar-refractivity contribution >= 4 is 28.5 Å². The number of carbonyl (C=O) groups excluding carboxylic acids is 1. The van der Waals surface area contributed by atoms with Gasteiger partial charge in [0.2, 0.25) is 0 Å². The van der Waals surface area contributed by atoms with Crippen LogP contribution in [-0.2, 0) is 0 Å². The van der Waals surface area contributed by atoms with Crippen molar-refractivity contribution in [2.45, 2.75) is 39.0 Å². The van der Waals surface area contributed by atoms with Gasteiger partial charge in [-0.1, -0.05) is 0 Å². The lowest BCUT2D eigenvalue weighted by atomic mass is 10.1. The second-order valence-corrected chi connectivity index (χ2v) is 5.81. The Hall–Kier alpha value is -0.860. The summed E-state index contributed by atoms with van der Waals surface area (Å²) in [5.74, 6) is -1.48. The molecule has 1 amide bonds. The van der Waals surface area contributed by atoms with Crippen LogP contribution < -0.4 is 0 Å². The highest BCUT2D eigenvalue weighted by Gasteiger charge is 2.43. The lowest BCUT2D eigenvalue weighted by molar-refractivity contribution is -0.175. The van der Waals surface area contributed by atoms with Crippen molar-refractivity contribution in [2.24, 2.45) is 0 Å². The fourth-order valence-corrected chi connectivity index (χ4v) is 2.38. The minimum absolute atomic E-state index is 0.0598. The van der Waals surface area contributed by atoms with Gasteiger partial charge in [0.05, 0.1) is 5.56 Å². The molecule has 0 unspecified atom stereocenters. The topological polar surface area (TPSA) is 20.3 Å². The van der Waals surface area contributed by atoms with Gasteiger partial charge in [0, 0.05) is 9.61 Å². The van der Waals surface area contributed by atoms with Crippen molar-refractivity contribution in [1.29, 1.82) is 0 Å². The molecule has 0 heterocycles. The number of carbonyl (C=O) groups is 1. The summed E-state index contributed by atoms with van der Waals surface area (Å²) >= 11 is 1.80. The summed E-state index contributed by atoms with van der Waals surface area (Å²) in [5, 5.41) is 0. The van der Waals surface area contributed by atoms with Crippen LogP contribution in [0.3, 0.4) is 0 Å². The van der Waals surface area contributed by atoms with Gasteiger partial charge in [0.25, 0.3) is 5.91 Å². The van der Waals surface area contributed by atoms with E-state index >= 15 is 0 Å². The molecular formula is C13H14F4INO. The molecular weight excluding hydrogens is 389 g/mol. The van der Waals surface area contributed by atoms with Gasteiger partial charge in [-0.05, 0) is 61.6 Å². The largest absolute Gasteiger partial charge is 0.408 e. The zero-order valence-electron chi connectivity index (χ0n) is 11.1. The Labute approximate surface area is 128 Å². The first-order valence-corrected chi connectivity index (χ1v) is 6.98. The molecule has 0 aliphatic rings. The van der Waals surface area contributed by atoms with Crippen molar-refractivity contribution in [1.82, 2.24) is 4.90 Å². The summed E-state index contributed by atoms with van der Waals surface area (Å²) in [4.78, 5) is 13.0.